The first-order valence-corrected chi connectivity index (χ1v) is 8.95. The Bertz CT molecular complexity index is 830. The number of carbonyl (C=O) groups is 1. The molecule has 2 aromatic heterocycles. The number of rotatable bonds is 3. The Kier molecular flexibility index (Phi) is 2.94. The highest BCUT2D eigenvalue weighted by Crippen LogP contribution is 2.55. The van der Waals surface area contributed by atoms with Crippen molar-refractivity contribution in [3.63, 3.8) is 0 Å². The van der Waals surface area contributed by atoms with Gasteiger partial charge < -0.3 is 5.32 Å². The third kappa shape index (κ3) is 2.19. The van der Waals surface area contributed by atoms with Crippen LogP contribution in [0.25, 0.3) is 5.65 Å². The molecule has 0 spiro atoms. The van der Waals surface area contributed by atoms with Gasteiger partial charge in [-0.25, -0.2) is 9.48 Å². The van der Waals surface area contributed by atoms with Gasteiger partial charge in [0.25, 0.3) is 0 Å². The molecule has 2 aromatic rings. The van der Waals surface area contributed by atoms with Crippen molar-refractivity contribution in [3.05, 3.63) is 34.9 Å². The smallest absolute Gasteiger partial charge is 0.349 e. The van der Waals surface area contributed by atoms with Crippen LogP contribution in [0.3, 0.4) is 0 Å². The Hall–Kier alpha value is -2.11. The molecule has 4 aliphatic carbocycles. The summed E-state index contributed by atoms with van der Waals surface area (Å²) in [6, 6.07) is 5.40. The fraction of sp³-hybridized carbons (Fsp3) is 0.611. The summed E-state index contributed by atoms with van der Waals surface area (Å²) in [6.45, 7) is 0.00225. The highest BCUT2D eigenvalue weighted by molar-refractivity contribution is 5.76. The second-order valence-corrected chi connectivity index (χ2v) is 8.12. The minimum Gasteiger partial charge on any atom is -0.349 e. The highest BCUT2D eigenvalue weighted by Gasteiger charge is 2.51. The predicted octanol–water partition coefficient (Wildman–Crippen LogP) is 1.58. The van der Waals surface area contributed by atoms with E-state index in [1.165, 1.54) is 28.3 Å². The number of pyridine rings is 1. The van der Waals surface area contributed by atoms with E-state index < -0.39 is 0 Å². The van der Waals surface area contributed by atoms with Crippen LogP contribution in [0.2, 0.25) is 0 Å². The molecule has 0 radical (unpaired) electrons. The third-order valence-corrected chi connectivity index (χ3v) is 6.22. The quantitative estimate of drug-likeness (QED) is 0.931. The largest absolute Gasteiger partial charge is 0.350 e. The van der Waals surface area contributed by atoms with Crippen LogP contribution in [0.4, 0.5) is 0 Å². The topological polar surface area (TPSA) is 68.4 Å². The van der Waals surface area contributed by atoms with Gasteiger partial charge in [0.05, 0.1) is 0 Å². The molecule has 0 saturated heterocycles. The van der Waals surface area contributed by atoms with Crippen molar-refractivity contribution in [2.75, 3.05) is 0 Å². The molecule has 24 heavy (non-hydrogen) atoms. The third-order valence-electron chi connectivity index (χ3n) is 6.22. The van der Waals surface area contributed by atoms with Gasteiger partial charge in [-0.3, -0.25) is 9.20 Å². The predicted molar refractivity (Wildman–Crippen MR) is 88.5 cm³/mol. The fourth-order valence-electron chi connectivity index (χ4n) is 5.81. The van der Waals surface area contributed by atoms with Crippen LogP contribution in [-0.2, 0) is 11.3 Å². The van der Waals surface area contributed by atoms with E-state index in [2.05, 4.69) is 10.4 Å². The Morgan fingerprint density at radius 2 is 1.83 bits per heavy atom. The maximum Gasteiger partial charge on any atom is 0.350 e. The molecule has 4 saturated carbocycles. The zero-order valence-corrected chi connectivity index (χ0v) is 13.6. The maximum atomic E-state index is 12.6. The lowest BCUT2D eigenvalue weighted by atomic mass is 9.53. The van der Waals surface area contributed by atoms with Gasteiger partial charge in [0.15, 0.2) is 5.65 Å². The van der Waals surface area contributed by atoms with Crippen molar-refractivity contribution < 1.29 is 4.79 Å². The Balaban J connectivity index is 1.35. The van der Waals surface area contributed by atoms with E-state index in [1.807, 2.05) is 6.07 Å². The van der Waals surface area contributed by atoms with E-state index in [9.17, 15) is 9.59 Å². The fourth-order valence-corrected chi connectivity index (χ4v) is 5.81. The SMILES string of the molecule is O=C(Cn1nc2ccccn2c1=O)NC12CC3CC(CC(C3)C1)C2. The molecule has 6 rings (SSSR count). The van der Waals surface area contributed by atoms with Crippen LogP contribution in [0, 0.1) is 17.8 Å². The second kappa shape index (κ2) is 4.94. The lowest BCUT2D eigenvalue weighted by Gasteiger charge is -2.56. The summed E-state index contributed by atoms with van der Waals surface area (Å²) in [5, 5.41) is 7.55. The van der Waals surface area contributed by atoms with E-state index in [0.29, 0.717) is 5.65 Å². The molecule has 0 aliphatic heterocycles. The molecule has 4 fully saturated rings. The van der Waals surface area contributed by atoms with Crippen LogP contribution in [0.1, 0.15) is 38.5 Å². The monoisotopic (exact) mass is 326 g/mol. The highest BCUT2D eigenvalue weighted by atomic mass is 16.2. The van der Waals surface area contributed by atoms with Crippen molar-refractivity contribution >= 4 is 11.6 Å². The number of hydrogen-bond donors (Lipinski definition) is 1. The molecule has 6 nitrogen and oxygen atoms in total. The Morgan fingerprint density at radius 3 is 2.46 bits per heavy atom. The van der Waals surface area contributed by atoms with Gasteiger partial charge >= 0.3 is 5.69 Å². The normalized spacial score (nSPS) is 33.9. The molecule has 6 heteroatoms. The standard InChI is InChI=1S/C18H22N4O2/c23-16(11-22-17(24)21-4-2-1-3-15(21)20-22)19-18-8-12-5-13(9-18)7-14(6-12)10-18/h1-4,12-14H,5-11H2,(H,19,23). The number of fused-ring (bicyclic) bond motifs is 1. The second-order valence-electron chi connectivity index (χ2n) is 8.12. The van der Waals surface area contributed by atoms with Crippen molar-refractivity contribution in [2.24, 2.45) is 17.8 Å². The molecular formula is C18H22N4O2. The Labute approximate surface area is 139 Å². The van der Waals surface area contributed by atoms with Crippen LogP contribution in [0.15, 0.2) is 29.2 Å². The minimum absolute atomic E-state index is 0.00225. The molecule has 0 atom stereocenters. The van der Waals surface area contributed by atoms with E-state index >= 15 is 0 Å². The van der Waals surface area contributed by atoms with Crippen molar-refractivity contribution in [3.8, 4) is 0 Å². The van der Waals surface area contributed by atoms with E-state index in [0.717, 1.165) is 37.0 Å². The molecule has 4 bridgehead atoms. The van der Waals surface area contributed by atoms with Crippen LogP contribution >= 0.6 is 0 Å². The zero-order valence-electron chi connectivity index (χ0n) is 13.6. The number of aromatic nitrogens is 3. The zero-order chi connectivity index (χ0) is 16.3. The van der Waals surface area contributed by atoms with E-state index in [1.54, 1.807) is 18.3 Å². The molecular weight excluding hydrogens is 304 g/mol. The van der Waals surface area contributed by atoms with Crippen LogP contribution in [-0.4, -0.2) is 25.6 Å². The number of hydrogen-bond acceptors (Lipinski definition) is 3. The number of carbonyl (C=O) groups excluding carboxylic acids is 1. The molecule has 2 heterocycles. The number of nitrogens with one attached hydrogen (secondary N) is 1. The summed E-state index contributed by atoms with van der Waals surface area (Å²) < 4.78 is 2.74. The van der Waals surface area contributed by atoms with E-state index in [-0.39, 0.29) is 23.7 Å². The minimum atomic E-state index is -0.258. The summed E-state index contributed by atoms with van der Waals surface area (Å²) in [4.78, 5) is 24.9. The molecule has 1 N–H and O–H groups in total. The Morgan fingerprint density at radius 1 is 1.17 bits per heavy atom. The van der Waals surface area contributed by atoms with E-state index in [4.69, 9.17) is 0 Å². The van der Waals surface area contributed by atoms with Crippen molar-refractivity contribution in [1.82, 2.24) is 19.5 Å². The van der Waals surface area contributed by atoms with Gasteiger partial charge in [-0.05, 0) is 68.4 Å². The molecule has 0 aromatic carbocycles. The van der Waals surface area contributed by atoms with Gasteiger partial charge in [0, 0.05) is 11.7 Å². The van der Waals surface area contributed by atoms with Crippen LogP contribution in [0.5, 0.6) is 0 Å². The molecule has 126 valence electrons. The van der Waals surface area contributed by atoms with Crippen molar-refractivity contribution in [1.29, 1.82) is 0 Å². The van der Waals surface area contributed by atoms with Crippen LogP contribution < -0.4 is 11.0 Å². The summed E-state index contributed by atoms with van der Waals surface area (Å²) in [5.41, 5.74) is 0.297. The van der Waals surface area contributed by atoms with Gasteiger partial charge in [0.1, 0.15) is 6.54 Å². The molecule has 1 amide bonds. The summed E-state index contributed by atoms with van der Waals surface area (Å²) >= 11 is 0. The first-order valence-electron chi connectivity index (χ1n) is 8.95. The average molecular weight is 326 g/mol. The van der Waals surface area contributed by atoms with Gasteiger partial charge in [-0.1, -0.05) is 6.07 Å². The first-order chi connectivity index (χ1) is 11.6. The average Bonchev–Trinajstić information content (AvgIpc) is 2.82. The number of nitrogens with zero attached hydrogens (tertiary/aromatic N) is 3. The number of amides is 1. The lowest BCUT2D eigenvalue weighted by Crippen LogP contribution is -2.60. The first kappa shape index (κ1) is 14.3. The summed E-state index contributed by atoms with van der Waals surface area (Å²) in [7, 11) is 0. The van der Waals surface area contributed by atoms with Gasteiger partial charge in [-0.2, -0.15) is 0 Å². The summed E-state index contributed by atoms with van der Waals surface area (Å²) in [5.74, 6) is 2.28. The lowest BCUT2D eigenvalue weighted by molar-refractivity contribution is -0.127. The molecule has 4 aliphatic rings. The molecule has 0 unspecified atom stereocenters. The maximum absolute atomic E-state index is 12.6. The van der Waals surface area contributed by atoms with Crippen molar-refractivity contribution in [2.45, 2.75) is 50.6 Å². The summed E-state index contributed by atoms with van der Waals surface area (Å²) in [6.07, 6.45) is 9.07. The van der Waals surface area contributed by atoms with Gasteiger partial charge in [0.2, 0.25) is 5.91 Å². The van der Waals surface area contributed by atoms with Gasteiger partial charge in [-0.15, -0.1) is 5.10 Å².